The van der Waals surface area contributed by atoms with Gasteiger partial charge in [-0.05, 0) is 37.5 Å². The molecule has 0 bridgehead atoms. The Balaban J connectivity index is 0.00000363. The van der Waals surface area contributed by atoms with Gasteiger partial charge in [0.2, 0.25) is 0 Å². The number of aliphatic imine (C=N–C) groups is 1. The summed E-state index contributed by atoms with van der Waals surface area (Å²) in [6.45, 7) is -0.423. The van der Waals surface area contributed by atoms with Crippen LogP contribution in [0.2, 0.25) is 0 Å². The van der Waals surface area contributed by atoms with E-state index in [9.17, 15) is 13.9 Å². The summed E-state index contributed by atoms with van der Waals surface area (Å²) in [5.74, 6) is 2.22. The summed E-state index contributed by atoms with van der Waals surface area (Å²) in [5.41, 5.74) is 0.593. The molecule has 8 nitrogen and oxygen atoms in total. The van der Waals surface area contributed by atoms with Gasteiger partial charge < -0.3 is 25.0 Å². The average Bonchev–Trinajstić information content (AvgIpc) is 3.08. The Kier molecular flexibility index (Phi) is 10.6. The van der Waals surface area contributed by atoms with Crippen LogP contribution >= 0.6 is 24.0 Å². The van der Waals surface area contributed by atoms with Gasteiger partial charge >= 0.3 is 6.61 Å². The molecule has 0 aliphatic heterocycles. The number of aliphatic hydroxyl groups is 1. The van der Waals surface area contributed by atoms with Crippen LogP contribution in [-0.4, -0.2) is 45.0 Å². The molecule has 0 amide bonds. The Labute approximate surface area is 203 Å². The highest BCUT2D eigenvalue weighted by molar-refractivity contribution is 14.0. The Morgan fingerprint density at radius 2 is 1.91 bits per heavy atom. The Bertz CT molecular complexity index is 856. The van der Waals surface area contributed by atoms with Crippen molar-refractivity contribution in [3.8, 4) is 5.75 Å². The first-order valence-electron chi connectivity index (χ1n) is 10.5. The standard InChI is InChI=1S/C21H30F2N6O2.HI/c1-14-27-28-19(29(14)2)13-25-21(26-16-6-4-3-5-7-16)24-12-18(30)15-8-10-17(11-9-15)31-20(22)23;/h8-11,16,18,20,30H,3-7,12-13H2,1-2H3,(H2,24,25,26);1H. The van der Waals surface area contributed by atoms with Crippen LogP contribution in [0.25, 0.3) is 0 Å². The average molecular weight is 564 g/mol. The lowest BCUT2D eigenvalue weighted by Gasteiger charge is -2.25. The van der Waals surface area contributed by atoms with Gasteiger partial charge in [-0.25, -0.2) is 4.99 Å². The zero-order valence-corrected chi connectivity index (χ0v) is 20.6. The van der Waals surface area contributed by atoms with Crippen LogP contribution in [0.3, 0.4) is 0 Å². The number of hydrogen-bond acceptors (Lipinski definition) is 5. The quantitative estimate of drug-likeness (QED) is 0.258. The van der Waals surface area contributed by atoms with Crippen LogP contribution in [0.5, 0.6) is 5.75 Å². The first kappa shape index (κ1) is 26.2. The highest BCUT2D eigenvalue weighted by atomic mass is 127. The highest BCUT2D eigenvalue weighted by Crippen LogP contribution is 2.19. The van der Waals surface area contributed by atoms with E-state index in [1.807, 2.05) is 18.5 Å². The minimum Gasteiger partial charge on any atom is -0.435 e. The Morgan fingerprint density at radius 1 is 1.22 bits per heavy atom. The fraction of sp³-hybridized carbons (Fsp3) is 0.571. The molecule has 1 aromatic carbocycles. The van der Waals surface area contributed by atoms with Crippen LogP contribution in [-0.2, 0) is 13.6 Å². The van der Waals surface area contributed by atoms with E-state index in [1.165, 1.54) is 31.4 Å². The van der Waals surface area contributed by atoms with Gasteiger partial charge in [0.15, 0.2) is 11.8 Å². The Morgan fingerprint density at radius 3 is 2.50 bits per heavy atom. The van der Waals surface area contributed by atoms with Crippen molar-refractivity contribution in [3.05, 3.63) is 41.5 Å². The van der Waals surface area contributed by atoms with Crippen molar-refractivity contribution in [3.63, 3.8) is 0 Å². The molecule has 1 saturated carbocycles. The summed E-state index contributed by atoms with van der Waals surface area (Å²) >= 11 is 0. The van der Waals surface area contributed by atoms with E-state index < -0.39 is 12.7 Å². The van der Waals surface area contributed by atoms with Crippen LogP contribution < -0.4 is 15.4 Å². The van der Waals surface area contributed by atoms with Crippen molar-refractivity contribution >= 4 is 29.9 Å². The van der Waals surface area contributed by atoms with Gasteiger partial charge in [0.25, 0.3) is 0 Å². The molecule has 1 aromatic heterocycles. The van der Waals surface area contributed by atoms with Gasteiger partial charge in [-0.3, -0.25) is 0 Å². The molecule has 1 aliphatic rings. The van der Waals surface area contributed by atoms with Crippen molar-refractivity contribution in [2.24, 2.45) is 12.0 Å². The molecular formula is C21H31F2IN6O2. The van der Waals surface area contributed by atoms with Crippen LogP contribution in [0.4, 0.5) is 8.78 Å². The van der Waals surface area contributed by atoms with Crippen LogP contribution in [0.15, 0.2) is 29.3 Å². The molecule has 3 N–H and O–H groups in total. The van der Waals surface area contributed by atoms with Crippen LogP contribution in [0.1, 0.15) is 55.4 Å². The van der Waals surface area contributed by atoms with Crippen LogP contribution in [0, 0.1) is 6.92 Å². The third kappa shape index (κ3) is 7.84. The summed E-state index contributed by atoms with van der Waals surface area (Å²) in [4.78, 5) is 4.63. The van der Waals surface area contributed by atoms with Gasteiger partial charge in [-0.15, -0.1) is 34.2 Å². The lowest BCUT2D eigenvalue weighted by molar-refractivity contribution is -0.0498. The number of hydrogen-bond donors (Lipinski definition) is 3. The van der Waals surface area contributed by atoms with E-state index in [0.29, 0.717) is 24.1 Å². The second kappa shape index (κ2) is 12.9. The molecule has 1 atom stereocenters. The number of halogens is 3. The maximum atomic E-state index is 12.3. The topological polar surface area (TPSA) is 96.6 Å². The molecule has 1 unspecified atom stereocenters. The van der Waals surface area contributed by atoms with Gasteiger partial charge in [0.1, 0.15) is 18.1 Å². The van der Waals surface area contributed by atoms with Gasteiger partial charge in [-0.2, -0.15) is 8.78 Å². The van der Waals surface area contributed by atoms with Gasteiger partial charge in [0.05, 0.1) is 6.10 Å². The van der Waals surface area contributed by atoms with Gasteiger partial charge in [-0.1, -0.05) is 31.4 Å². The maximum absolute atomic E-state index is 12.3. The number of ether oxygens (including phenoxy) is 1. The van der Waals surface area contributed by atoms with Crippen molar-refractivity contribution in [2.45, 2.75) is 64.3 Å². The van der Waals surface area contributed by atoms with E-state index in [-0.39, 0.29) is 36.3 Å². The predicted molar refractivity (Wildman–Crippen MR) is 128 cm³/mol. The molecule has 2 aromatic rings. The SMILES string of the molecule is Cc1nnc(CN=C(NCC(O)c2ccc(OC(F)F)cc2)NC2CCCCC2)n1C.I. The maximum Gasteiger partial charge on any atom is 0.387 e. The smallest absolute Gasteiger partial charge is 0.387 e. The number of rotatable bonds is 8. The van der Waals surface area contributed by atoms with Crippen molar-refractivity contribution in [2.75, 3.05) is 6.54 Å². The van der Waals surface area contributed by atoms with E-state index >= 15 is 0 Å². The molecule has 3 rings (SSSR count). The molecule has 178 valence electrons. The van der Waals surface area contributed by atoms with Crippen molar-refractivity contribution in [1.82, 2.24) is 25.4 Å². The number of nitrogens with one attached hydrogen (secondary N) is 2. The van der Waals surface area contributed by atoms with E-state index in [2.05, 4.69) is 30.6 Å². The normalized spacial score (nSPS) is 15.9. The molecule has 0 spiro atoms. The minimum absolute atomic E-state index is 0. The fourth-order valence-corrected chi connectivity index (χ4v) is 3.51. The van der Waals surface area contributed by atoms with Crippen molar-refractivity contribution in [1.29, 1.82) is 0 Å². The van der Waals surface area contributed by atoms with E-state index in [1.54, 1.807) is 12.1 Å². The molecule has 11 heteroatoms. The summed E-state index contributed by atoms with van der Waals surface area (Å²) in [6.07, 6.45) is 4.94. The number of benzene rings is 1. The largest absolute Gasteiger partial charge is 0.435 e. The Hall–Kier alpha value is -2.02. The van der Waals surface area contributed by atoms with E-state index in [0.717, 1.165) is 24.5 Å². The third-order valence-electron chi connectivity index (χ3n) is 5.46. The zero-order valence-electron chi connectivity index (χ0n) is 18.3. The highest BCUT2D eigenvalue weighted by Gasteiger charge is 2.16. The first-order valence-corrected chi connectivity index (χ1v) is 10.5. The van der Waals surface area contributed by atoms with E-state index in [4.69, 9.17) is 0 Å². The molecule has 32 heavy (non-hydrogen) atoms. The number of aryl methyl sites for hydroxylation is 1. The molecule has 0 saturated heterocycles. The third-order valence-corrected chi connectivity index (χ3v) is 5.46. The molecule has 1 aliphatic carbocycles. The first-order chi connectivity index (χ1) is 14.9. The number of nitrogens with zero attached hydrogens (tertiary/aromatic N) is 4. The van der Waals surface area contributed by atoms with Crippen molar-refractivity contribution < 1.29 is 18.6 Å². The van der Waals surface area contributed by atoms with Gasteiger partial charge in [0, 0.05) is 19.6 Å². The second-order valence-corrected chi connectivity index (χ2v) is 7.71. The number of aliphatic hydroxyl groups excluding tert-OH is 1. The second-order valence-electron chi connectivity index (χ2n) is 7.71. The monoisotopic (exact) mass is 564 g/mol. The molecule has 1 heterocycles. The summed E-state index contributed by atoms with van der Waals surface area (Å²) in [6, 6.07) is 6.30. The summed E-state index contributed by atoms with van der Waals surface area (Å²) < 4.78 is 30.8. The number of guanidine groups is 1. The molecular weight excluding hydrogens is 533 g/mol. The summed E-state index contributed by atoms with van der Waals surface area (Å²) in [5, 5.41) is 25.4. The molecule has 1 fully saturated rings. The minimum atomic E-state index is -2.88. The lowest BCUT2D eigenvalue weighted by atomic mass is 9.96. The predicted octanol–water partition coefficient (Wildman–Crippen LogP) is 3.44. The summed E-state index contributed by atoms with van der Waals surface area (Å²) in [7, 11) is 1.90. The lowest BCUT2D eigenvalue weighted by Crippen LogP contribution is -2.45. The zero-order chi connectivity index (χ0) is 22.2. The number of alkyl halides is 2. The fourth-order valence-electron chi connectivity index (χ4n) is 3.51. The number of aromatic nitrogens is 3. The molecule has 0 radical (unpaired) electrons.